The van der Waals surface area contributed by atoms with E-state index in [1.54, 1.807) is 13.8 Å². The van der Waals surface area contributed by atoms with E-state index >= 15 is 0 Å². The molecule has 0 saturated carbocycles. The second-order valence-corrected chi connectivity index (χ2v) is 4.17. The van der Waals surface area contributed by atoms with Crippen LogP contribution in [0.3, 0.4) is 0 Å². The lowest BCUT2D eigenvalue weighted by Gasteiger charge is -2.24. The Balaban J connectivity index is 3.90. The van der Waals surface area contributed by atoms with Crippen molar-refractivity contribution in [2.24, 2.45) is 0 Å². The maximum atomic E-state index is 11.2. The van der Waals surface area contributed by atoms with Crippen LogP contribution in [0.4, 0.5) is 0 Å². The summed E-state index contributed by atoms with van der Waals surface area (Å²) in [6, 6.07) is 0. The van der Waals surface area contributed by atoms with Crippen LogP contribution >= 0.6 is 0 Å². The fourth-order valence-electron chi connectivity index (χ4n) is 1.04. The number of hydrogen-bond donors (Lipinski definition) is 0. The predicted molar refractivity (Wildman–Crippen MR) is 56.6 cm³/mol. The molecular formula is C11H20O4. The van der Waals surface area contributed by atoms with Gasteiger partial charge in [0, 0.05) is 6.61 Å². The molecule has 0 fully saturated rings. The largest absolute Gasteiger partial charge is 0.457 e. The van der Waals surface area contributed by atoms with Gasteiger partial charge in [0.15, 0.2) is 0 Å². The highest BCUT2D eigenvalue weighted by Gasteiger charge is 2.23. The number of carbonyl (C=O) groups is 2. The summed E-state index contributed by atoms with van der Waals surface area (Å²) in [5.74, 6) is -0.683. The first-order chi connectivity index (χ1) is 6.87. The molecule has 88 valence electrons. The van der Waals surface area contributed by atoms with Gasteiger partial charge < -0.3 is 9.47 Å². The van der Waals surface area contributed by atoms with E-state index in [9.17, 15) is 9.59 Å². The number of esters is 1. The Morgan fingerprint density at radius 2 is 1.87 bits per heavy atom. The molecule has 4 nitrogen and oxygen atoms in total. The predicted octanol–water partition coefficient (Wildman–Crippen LogP) is 1.71. The molecule has 0 saturated heterocycles. The first-order valence-corrected chi connectivity index (χ1v) is 5.16. The third-order valence-electron chi connectivity index (χ3n) is 1.58. The summed E-state index contributed by atoms with van der Waals surface area (Å²) < 4.78 is 10.4. The number of Topliss-reactive ketones (excluding diaryl/α,β-unsaturated/α-hetero) is 1. The summed E-state index contributed by atoms with van der Waals surface area (Å²) in [7, 11) is 0. The molecule has 0 aromatic heterocycles. The van der Waals surface area contributed by atoms with Gasteiger partial charge >= 0.3 is 5.97 Å². The van der Waals surface area contributed by atoms with Crippen molar-refractivity contribution >= 4 is 11.8 Å². The number of ketones is 1. The summed E-state index contributed by atoms with van der Waals surface area (Å²) in [4.78, 5) is 21.9. The van der Waals surface area contributed by atoms with Crippen LogP contribution in [-0.4, -0.2) is 30.6 Å². The zero-order valence-corrected chi connectivity index (χ0v) is 9.96. The van der Waals surface area contributed by atoms with Crippen molar-refractivity contribution in [3.63, 3.8) is 0 Å². The fraction of sp³-hybridized carbons (Fsp3) is 0.818. The fourth-order valence-corrected chi connectivity index (χ4v) is 1.04. The van der Waals surface area contributed by atoms with Crippen molar-refractivity contribution in [3.8, 4) is 0 Å². The molecule has 0 aromatic carbocycles. The van der Waals surface area contributed by atoms with Crippen LogP contribution in [0.1, 0.15) is 40.5 Å². The van der Waals surface area contributed by atoms with Crippen molar-refractivity contribution < 1.29 is 19.1 Å². The quantitative estimate of drug-likeness (QED) is 0.369. The van der Waals surface area contributed by atoms with Crippen LogP contribution in [0.5, 0.6) is 0 Å². The standard InChI is InChI=1S/C11H20O4/c1-5-6-14-8-11(3,4)15-10(13)7-9(2)12/h5-8H2,1-4H3. The first-order valence-electron chi connectivity index (χ1n) is 5.16. The van der Waals surface area contributed by atoms with E-state index in [1.165, 1.54) is 6.92 Å². The maximum absolute atomic E-state index is 11.2. The molecular weight excluding hydrogens is 196 g/mol. The number of rotatable bonds is 7. The number of carbonyl (C=O) groups excluding carboxylic acids is 2. The van der Waals surface area contributed by atoms with Gasteiger partial charge in [-0.2, -0.15) is 0 Å². The van der Waals surface area contributed by atoms with E-state index in [4.69, 9.17) is 9.47 Å². The molecule has 15 heavy (non-hydrogen) atoms. The van der Waals surface area contributed by atoms with Gasteiger partial charge in [0.2, 0.25) is 0 Å². The highest BCUT2D eigenvalue weighted by Crippen LogP contribution is 2.11. The monoisotopic (exact) mass is 216 g/mol. The molecule has 0 radical (unpaired) electrons. The molecule has 0 aliphatic rings. The molecule has 4 heteroatoms. The Bertz CT molecular complexity index is 221. The second kappa shape index (κ2) is 6.56. The summed E-state index contributed by atoms with van der Waals surface area (Å²) in [5, 5.41) is 0. The number of hydrogen-bond acceptors (Lipinski definition) is 4. The van der Waals surface area contributed by atoms with Crippen molar-refractivity contribution in [1.82, 2.24) is 0 Å². The molecule has 0 aliphatic heterocycles. The van der Waals surface area contributed by atoms with Crippen LogP contribution < -0.4 is 0 Å². The first kappa shape index (κ1) is 14.1. The molecule has 0 rings (SSSR count). The molecule has 0 amide bonds. The molecule has 0 N–H and O–H groups in total. The van der Waals surface area contributed by atoms with Crippen LogP contribution in [-0.2, 0) is 19.1 Å². The van der Waals surface area contributed by atoms with Gasteiger partial charge in [-0.25, -0.2) is 0 Å². The van der Waals surface area contributed by atoms with Crippen molar-refractivity contribution in [3.05, 3.63) is 0 Å². The van der Waals surface area contributed by atoms with Gasteiger partial charge in [-0.1, -0.05) is 6.92 Å². The normalized spacial score (nSPS) is 11.2. The number of ether oxygens (including phenoxy) is 2. The lowest BCUT2D eigenvalue weighted by Crippen LogP contribution is -2.34. The minimum Gasteiger partial charge on any atom is -0.457 e. The molecule has 0 unspecified atom stereocenters. The van der Waals surface area contributed by atoms with E-state index in [2.05, 4.69) is 0 Å². The summed E-state index contributed by atoms with van der Waals surface area (Å²) in [5.41, 5.74) is -0.665. The zero-order chi connectivity index (χ0) is 11.9. The van der Waals surface area contributed by atoms with Gasteiger partial charge in [-0.3, -0.25) is 9.59 Å². The van der Waals surface area contributed by atoms with Crippen LogP contribution in [0.15, 0.2) is 0 Å². The Morgan fingerprint density at radius 1 is 1.27 bits per heavy atom. The molecule has 0 spiro atoms. The van der Waals surface area contributed by atoms with Crippen LogP contribution in [0.25, 0.3) is 0 Å². The van der Waals surface area contributed by atoms with Gasteiger partial charge in [0.1, 0.15) is 17.8 Å². The van der Waals surface area contributed by atoms with E-state index in [0.29, 0.717) is 13.2 Å². The second-order valence-electron chi connectivity index (χ2n) is 4.17. The third-order valence-corrected chi connectivity index (χ3v) is 1.58. The topological polar surface area (TPSA) is 52.6 Å². The minimum absolute atomic E-state index is 0.169. The lowest BCUT2D eigenvalue weighted by atomic mass is 10.1. The SMILES string of the molecule is CCCOCC(C)(C)OC(=O)CC(C)=O. The minimum atomic E-state index is -0.665. The third kappa shape index (κ3) is 8.12. The maximum Gasteiger partial charge on any atom is 0.313 e. The van der Waals surface area contributed by atoms with Gasteiger partial charge in [-0.15, -0.1) is 0 Å². The van der Waals surface area contributed by atoms with E-state index in [1.807, 2.05) is 6.92 Å². The average Bonchev–Trinajstić information content (AvgIpc) is 2.00. The average molecular weight is 216 g/mol. The van der Waals surface area contributed by atoms with Gasteiger partial charge in [-0.05, 0) is 27.2 Å². The van der Waals surface area contributed by atoms with Gasteiger partial charge in [0.25, 0.3) is 0 Å². The van der Waals surface area contributed by atoms with Crippen LogP contribution in [0, 0.1) is 0 Å². The van der Waals surface area contributed by atoms with Crippen molar-refractivity contribution in [2.45, 2.75) is 46.1 Å². The Labute approximate surface area is 90.9 Å². The highest BCUT2D eigenvalue weighted by atomic mass is 16.6. The zero-order valence-electron chi connectivity index (χ0n) is 9.96. The Morgan fingerprint density at radius 3 is 2.33 bits per heavy atom. The Kier molecular flexibility index (Phi) is 6.17. The van der Waals surface area contributed by atoms with E-state index in [-0.39, 0.29) is 12.2 Å². The highest BCUT2D eigenvalue weighted by molar-refractivity contribution is 5.94. The summed E-state index contributed by atoms with van der Waals surface area (Å²) in [6.45, 7) is 7.90. The van der Waals surface area contributed by atoms with Crippen molar-refractivity contribution in [2.75, 3.05) is 13.2 Å². The summed E-state index contributed by atoms with van der Waals surface area (Å²) >= 11 is 0. The van der Waals surface area contributed by atoms with E-state index in [0.717, 1.165) is 6.42 Å². The molecule has 0 bridgehead atoms. The van der Waals surface area contributed by atoms with E-state index < -0.39 is 11.6 Å². The van der Waals surface area contributed by atoms with Crippen LogP contribution in [0.2, 0.25) is 0 Å². The summed E-state index contributed by atoms with van der Waals surface area (Å²) in [6.07, 6.45) is 0.759. The molecule has 0 aliphatic carbocycles. The lowest BCUT2D eigenvalue weighted by molar-refractivity contribution is -0.162. The molecule has 0 heterocycles. The Hall–Kier alpha value is -0.900. The smallest absolute Gasteiger partial charge is 0.313 e. The van der Waals surface area contributed by atoms with Gasteiger partial charge in [0.05, 0.1) is 6.61 Å². The molecule has 0 aromatic rings. The van der Waals surface area contributed by atoms with Crippen molar-refractivity contribution in [1.29, 1.82) is 0 Å². The molecule has 0 atom stereocenters.